The van der Waals surface area contributed by atoms with Crippen LogP contribution in [0, 0.1) is 5.92 Å². The van der Waals surface area contributed by atoms with Crippen LogP contribution in [0.5, 0.6) is 0 Å². The lowest BCUT2D eigenvalue weighted by Gasteiger charge is -2.18. The van der Waals surface area contributed by atoms with Gasteiger partial charge in [-0.3, -0.25) is 0 Å². The molecule has 0 aliphatic heterocycles. The SMILES string of the molecule is CC(C)[C@H](C)NC[C@@H](C)O. The summed E-state index contributed by atoms with van der Waals surface area (Å²) in [6, 6.07) is 0.495. The van der Waals surface area contributed by atoms with Crippen LogP contribution in [-0.2, 0) is 0 Å². The topological polar surface area (TPSA) is 32.3 Å². The molecule has 10 heavy (non-hydrogen) atoms. The molecule has 0 saturated carbocycles. The van der Waals surface area contributed by atoms with Gasteiger partial charge in [0.1, 0.15) is 0 Å². The molecule has 0 aliphatic carbocycles. The summed E-state index contributed by atoms with van der Waals surface area (Å²) in [6.07, 6.45) is -0.235. The fourth-order valence-electron chi connectivity index (χ4n) is 0.592. The maximum atomic E-state index is 8.92. The minimum Gasteiger partial charge on any atom is -0.392 e. The van der Waals surface area contributed by atoms with E-state index in [0.717, 1.165) is 0 Å². The fraction of sp³-hybridized carbons (Fsp3) is 1.00. The highest BCUT2D eigenvalue weighted by Gasteiger charge is 2.05. The highest BCUT2D eigenvalue weighted by atomic mass is 16.3. The van der Waals surface area contributed by atoms with Gasteiger partial charge in [-0.05, 0) is 19.8 Å². The Morgan fingerprint density at radius 2 is 1.70 bits per heavy atom. The van der Waals surface area contributed by atoms with Crippen LogP contribution in [0.3, 0.4) is 0 Å². The lowest BCUT2D eigenvalue weighted by atomic mass is 10.1. The first-order valence-electron chi connectivity index (χ1n) is 3.95. The van der Waals surface area contributed by atoms with Crippen LogP contribution in [0.4, 0.5) is 0 Å². The Hall–Kier alpha value is -0.0800. The molecule has 0 unspecified atom stereocenters. The minimum atomic E-state index is -0.235. The van der Waals surface area contributed by atoms with Gasteiger partial charge in [0.25, 0.3) is 0 Å². The maximum absolute atomic E-state index is 8.92. The number of aliphatic hydroxyl groups is 1. The molecule has 0 aromatic heterocycles. The summed E-state index contributed by atoms with van der Waals surface area (Å²) in [4.78, 5) is 0. The van der Waals surface area contributed by atoms with Gasteiger partial charge in [0.2, 0.25) is 0 Å². The molecular weight excluding hydrogens is 126 g/mol. The van der Waals surface area contributed by atoms with Crippen LogP contribution in [0.25, 0.3) is 0 Å². The highest BCUT2D eigenvalue weighted by molar-refractivity contribution is 4.65. The van der Waals surface area contributed by atoms with Crippen LogP contribution in [0.1, 0.15) is 27.7 Å². The molecule has 0 aromatic rings. The Balaban J connectivity index is 3.30. The van der Waals surface area contributed by atoms with Gasteiger partial charge in [-0.15, -0.1) is 0 Å². The molecule has 0 spiro atoms. The first kappa shape index (κ1) is 9.92. The predicted molar refractivity (Wildman–Crippen MR) is 44.0 cm³/mol. The molecule has 0 saturated heterocycles. The van der Waals surface area contributed by atoms with Crippen molar-refractivity contribution in [2.45, 2.75) is 39.8 Å². The molecule has 0 fully saturated rings. The Bertz CT molecular complexity index is 81.3. The Morgan fingerprint density at radius 3 is 2.00 bits per heavy atom. The molecule has 2 nitrogen and oxygen atoms in total. The second kappa shape index (κ2) is 4.69. The van der Waals surface area contributed by atoms with Gasteiger partial charge in [0, 0.05) is 12.6 Å². The van der Waals surface area contributed by atoms with Gasteiger partial charge in [0.15, 0.2) is 0 Å². The van der Waals surface area contributed by atoms with Gasteiger partial charge < -0.3 is 10.4 Å². The maximum Gasteiger partial charge on any atom is 0.0636 e. The second-order valence-electron chi connectivity index (χ2n) is 3.29. The van der Waals surface area contributed by atoms with Crippen molar-refractivity contribution in [1.82, 2.24) is 5.32 Å². The average molecular weight is 145 g/mol. The summed E-state index contributed by atoms with van der Waals surface area (Å²) in [5.74, 6) is 0.638. The first-order valence-corrected chi connectivity index (χ1v) is 3.95. The molecule has 0 aromatic carbocycles. The summed E-state index contributed by atoms with van der Waals surface area (Å²) in [6.45, 7) is 8.95. The second-order valence-corrected chi connectivity index (χ2v) is 3.29. The Morgan fingerprint density at radius 1 is 1.20 bits per heavy atom. The van der Waals surface area contributed by atoms with E-state index in [1.165, 1.54) is 0 Å². The lowest BCUT2D eigenvalue weighted by molar-refractivity contribution is 0.183. The zero-order valence-corrected chi connectivity index (χ0v) is 7.39. The molecular formula is C8H19NO. The molecule has 0 radical (unpaired) electrons. The van der Waals surface area contributed by atoms with E-state index >= 15 is 0 Å². The molecule has 62 valence electrons. The molecule has 0 rings (SSSR count). The molecule has 0 amide bonds. The number of hydrogen-bond acceptors (Lipinski definition) is 2. The quantitative estimate of drug-likeness (QED) is 0.618. The summed E-state index contributed by atoms with van der Waals surface area (Å²) < 4.78 is 0. The van der Waals surface area contributed by atoms with Crippen molar-refractivity contribution in [3.63, 3.8) is 0 Å². The van der Waals surface area contributed by atoms with E-state index in [0.29, 0.717) is 18.5 Å². The highest BCUT2D eigenvalue weighted by Crippen LogP contribution is 1.98. The monoisotopic (exact) mass is 145 g/mol. The number of aliphatic hydroxyl groups excluding tert-OH is 1. The van der Waals surface area contributed by atoms with Gasteiger partial charge in [-0.2, -0.15) is 0 Å². The molecule has 0 bridgehead atoms. The van der Waals surface area contributed by atoms with Crippen LogP contribution in [0.2, 0.25) is 0 Å². The molecule has 2 heteroatoms. The van der Waals surface area contributed by atoms with E-state index in [-0.39, 0.29) is 6.10 Å². The van der Waals surface area contributed by atoms with Gasteiger partial charge >= 0.3 is 0 Å². The summed E-state index contributed by atoms with van der Waals surface area (Å²) in [7, 11) is 0. The van der Waals surface area contributed by atoms with Crippen molar-refractivity contribution in [3.8, 4) is 0 Å². The third-order valence-corrected chi connectivity index (χ3v) is 1.74. The summed E-state index contributed by atoms with van der Waals surface area (Å²) in [5.41, 5.74) is 0. The smallest absolute Gasteiger partial charge is 0.0636 e. The fourth-order valence-corrected chi connectivity index (χ4v) is 0.592. The largest absolute Gasteiger partial charge is 0.392 e. The van der Waals surface area contributed by atoms with Crippen molar-refractivity contribution in [2.24, 2.45) is 5.92 Å². The normalized spacial score (nSPS) is 17.4. The van der Waals surface area contributed by atoms with Crippen LogP contribution >= 0.6 is 0 Å². The van der Waals surface area contributed by atoms with Gasteiger partial charge in [-0.1, -0.05) is 13.8 Å². The minimum absolute atomic E-state index is 0.235. The van der Waals surface area contributed by atoms with E-state index in [2.05, 4.69) is 26.1 Å². The Labute approximate surface area is 63.6 Å². The average Bonchev–Trinajstić information content (AvgIpc) is 1.82. The third kappa shape index (κ3) is 4.77. The number of hydrogen-bond donors (Lipinski definition) is 2. The molecule has 2 N–H and O–H groups in total. The van der Waals surface area contributed by atoms with Crippen molar-refractivity contribution < 1.29 is 5.11 Å². The van der Waals surface area contributed by atoms with E-state index < -0.39 is 0 Å². The van der Waals surface area contributed by atoms with E-state index in [1.54, 1.807) is 6.92 Å². The Kier molecular flexibility index (Phi) is 4.65. The van der Waals surface area contributed by atoms with Crippen LogP contribution < -0.4 is 5.32 Å². The van der Waals surface area contributed by atoms with Crippen molar-refractivity contribution in [1.29, 1.82) is 0 Å². The number of rotatable bonds is 4. The van der Waals surface area contributed by atoms with E-state index in [1.807, 2.05) is 0 Å². The van der Waals surface area contributed by atoms with E-state index in [4.69, 9.17) is 5.11 Å². The summed E-state index contributed by atoms with van der Waals surface area (Å²) >= 11 is 0. The van der Waals surface area contributed by atoms with Crippen molar-refractivity contribution >= 4 is 0 Å². The number of nitrogens with one attached hydrogen (secondary N) is 1. The third-order valence-electron chi connectivity index (χ3n) is 1.74. The zero-order valence-electron chi connectivity index (χ0n) is 7.39. The molecule has 0 aliphatic rings. The predicted octanol–water partition coefficient (Wildman–Crippen LogP) is 1.00. The van der Waals surface area contributed by atoms with Crippen LogP contribution in [0.15, 0.2) is 0 Å². The van der Waals surface area contributed by atoms with E-state index in [9.17, 15) is 0 Å². The first-order chi connectivity index (χ1) is 4.54. The van der Waals surface area contributed by atoms with Crippen molar-refractivity contribution in [3.05, 3.63) is 0 Å². The standard InChI is InChI=1S/C8H19NO/c1-6(2)8(4)9-5-7(3)10/h6-10H,5H2,1-4H3/t7-,8+/m1/s1. The molecule has 0 heterocycles. The van der Waals surface area contributed by atoms with Gasteiger partial charge in [0.05, 0.1) is 6.10 Å². The van der Waals surface area contributed by atoms with Crippen molar-refractivity contribution in [2.75, 3.05) is 6.54 Å². The zero-order chi connectivity index (χ0) is 8.15. The van der Waals surface area contributed by atoms with Crippen LogP contribution in [-0.4, -0.2) is 23.8 Å². The summed E-state index contributed by atoms with van der Waals surface area (Å²) in [5, 5.41) is 12.2. The molecule has 2 atom stereocenters. The lowest BCUT2D eigenvalue weighted by Crippen LogP contribution is -2.35. The van der Waals surface area contributed by atoms with Gasteiger partial charge in [-0.25, -0.2) is 0 Å².